The quantitative estimate of drug-likeness (QED) is 0.860. The number of nitrogens with two attached hydrogens (primary N) is 1. The van der Waals surface area contributed by atoms with Gasteiger partial charge in [-0.2, -0.15) is 0 Å². The molecule has 1 heterocycles. The second-order valence-corrected chi connectivity index (χ2v) is 5.64. The second kappa shape index (κ2) is 4.01. The molecule has 6 heteroatoms. The Morgan fingerprint density at radius 3 is 2.79 bits per heavy atom. The van der Waals surface area contributed by atoms with Crippen LogP contribution in [0.4, 0.5) is 10.1 Å². The van der Waals surface area contributed by atoms with Gasteiger partial charge in [-0.1, -0.05) is 6.92 Å². The standard InChI is InChI=1S/C13H16FN5/c1-8-10(14)5-9(6-11(8)15)12-16-17-18-19(12)7-13(2)3-4-13/h5-6H,3-4,7,15H2,1-2H3. The lowest BCUT2D eigenvalue weighted by molar-refractivity contribution is 0.427. The lowest BCUT2D eigenvalue weighted by Gasteiger charge is -2.10. The van der Waals surface area contributed by atoms with Crippen LogP contribution in [0.2, 0.25) is 0 Å². The van der Waals surface area contributed by atoms with Crippen LogP contribution in [-0.2, 0) is 6.54 Å². The maximum absolute atomic E-state index is 13.8. The van der Waals surface area contributed by atoms with E-state index < -0.39 is 0 Å². The highest BCUT2D eigenvalue weighted by Crippen LogP contribution is 2.46. The molecule has 5 nitrogen and oxygen atoms in total. The number of anilines is 1. The molecule has 0 unspecified atom stereocenters. The number of hydrogen-bond donors (Lipinski definition) is 1. The van der Waals surface area contributed by atoms with Crippen LogP contribution in [0.5, 0.6) is 0 Å². The van der Waals surface area contributed by atoms with Crippen LogP contribution >= 0.6 is 0 Å². The van der Waals surface area contributed by atoms with Crippen molar-refractivity contribution in [2.75, 3.05) is 5.73 Å². The summed E-state index contributed by atoms with van der Waals surface area (Å²) in [6, 6.07) is 3.15. The number of aromatic nitrogens is 4. The van der Waals surface area contributed by atoms with E-state index in [0.29, 0.717) is 22.6 Å². The van der Waals surface area contributed by atoms with Gasteiger partial charge in [-0.15, -0.1) is 5.10 Å². The van der Waals surface area contributed by atoms with Gasteiger partial charge in [-0.3, -0.25) is 0 Å². The highest BCUT2D eigenvalue weighted by Gasteiger charge is 2.38. The lowest BCUT2D eigenvalue weighted by Crippen LogP contribution is -2.11. The van der Waals surface area contributed by atoms with Gasteiger partial charge < -0.3 is 5.73 Å². The molecule has 1 aromatic heterocycles. The van der Waals surface area contributed by atoms with E-state index in [2.05, 4.69) is 22.4 Å². The minimum atomic E-state index is -0.331. The molecule has 0 aliphatic heterocycles. The minimum Gasteiger partial charge on any atom is -0.398 e. The van der Waals surface area contributed by atoms with E-state index in [0.717, 1.165) is 6.54 Å². The monoisotopic (exact) mass is 261 g/mol. The summed E-state index contributed by atoms with van der Waals surface area (Å²) in [7, 11) is 0. The lowest BCUT2D eigenvalue weighted by atomic mass is 10.1. The van der Waals surface area contributed by atoms with Crippen LogP contribution in [0.25, 0.3) is 11.4 Å². The molecule has 1 aromatic carbocycles. The Bertz CT molecular complexity index is 607. The predicted octanol–water partition coefficient (Wildman–Crippen LogP) is 2.17. The third-order valence-corrected chi connectivity index (χ3v) is 3.81. The number of tetrazole rings is 1. The maximum atomic E-state index is 13.8. The first kappa shape index (κ1) is 12.1. The van der Waals surface area contributed by atoms with E-state index in [1.165, 1.54) is 18.9 Å². The molecule has 1 fully saturated rings. The number of rotatable bonds is 3. The average molecular weight is 261 g/mol. The van der Waals surface area contributed by atoms with Gasteiger partial charge in [0, 0.05) is 16.8 Å². The summed E-state index contributed by atoms with van der Waals surface area (Å²) in [6.07, 6.45) is 2.35. The maximum Gasteiger partial charge on any atom is 0.182 e. The largest absolute Gasteiger partial charge is 0.398 e. The van der Waals surface area contributed by atoms with E-state index >= 15 is 0 Å². The van der Waals surface area contributed by atoms with Gasteiger partial charge in [0.15, 0.2) is 5.82 Å². The van der Waals surface area contributed by atoms with Crippen LogP contribution in [-0.4, -0.2) is 20.2 Å². The first-order valence-corrected chi connectivity index (χ1v) is 6.31. The minimum absolute atomic E-state index is 0.277. The Morgan fingerprint density at radius 2 is 2.16 bits per heavy atom. The van der Waals surface area contributed by atoms with Crippen molar-refractivity contribution in [3.05, 3.63) is 23.5 Å². The number of halogens is 1. The summed E-state index contributed by atoms with van der Waals surface area (Å²) in [4.78, 5) is 0. The van der Waals surface area contributed by atoms with Gasteiger partial charge in [0.05, 0.1) is 6.54 Å². The molecule has 0 atom stereocenters. The van der Waals surface area contributed by atoms with Crippen LogP contribution in [0, 0.1) is 18.2 Å². The molecule has 0 amide bonds. The molecule has 19 heavy (non-hydrogen) atoms. The molecule has 1 saturated carbocycles. The third-order valence-electron chi connectivity index (χ3n) is 3.81. The number of benzene rings is 1. The van der Waals surface area contributed by atoms with Crippen LogP contribution < -0.4 is 5.73 Å². The molecule has 2 N–H and O–H groups in total. The van der Waals surface area contributed by atoms with Gasteiger partial charge in [0.1, 0.15) is 5.82 Å². The molecule has 1 aliphatic rings. The van der Waals surface area contributed by atoms with Gasteiger partial charge in [0.25, 0.3) is 0 Å². The summed E-state index contributed by atoms with van der Waals surface area (Å²) in [6.45, 7) is 4.61. The van der Waals surface area contributed by atoms with E-state index in [9.17, 15) is 4.39 Å². The second-order valence-electron chi connectivity index (χ2n) is 5.64. The fourth-order valence-electron chi connectivity index (χ4n) is 2.08. The SMILES string of the molecule is Cc1c(N)cc(-c2nnnn2CC2(C)CC2)cc1F. The Balaban J connectivity index is 2.00. The molecule has 0 spiro atoms. The molecule has 0 bridgehead atoms. The average Bonchev–Trinajstić information content (AvgIpc) is 2.89. The molecule has 0 saturated heterocycles. The van der Waals surface area contributed by atoms with Crippen LogP contribution in [0.3, 0.4) is 0 Å². The third kappa shape index (κ3) is 2.18. The normalized spacial score (nSPS) is 16.6. The zero-order valence-corrected chi connectivity index (χ0v) is 11.0. The van der Waals surface area contributed by atoms with Gasteiger partial charge in [-0.05, 0) is 47.7 Å². The first-order valence-electron chi connectivity index (χ1n) is 6.31. The summed E-state index contributed by atoms with van der Waals surface area (Å²) in [5.41, 5.74) is 7.57. The van der Waals surface area contributed by atoms with Crippen molar-refractivity contribution in [2.45, 2.75) is 33.2 Å². The van der Waals surface area contributed by atoms with Crippen molar-refractivity contribution < 1.29 is 4.39 Å². The van der Waals surface area contributed by atoms with E-state index in [4.69, 9.17) is 5.73 Å². The number of hydrogen-bond acceptors (Lipinski definition) is 4. The Kier molecular flexibility index (Phi) is 2.55. The van der Waals surface area contributed by atoms with Crippen molar-refractivity contribution in [1.82, 2.24) is 20.2 Å². The van der Waals surface area contributed by atoms with Crippen molar-refractivity contribution >= 4 is 5.69 Å². The van der Waals surface area contributed by atoms with E-state index in [1.54, 1.807) is 17.7 Å². The highest BCUT2D eigenvalue weighted by atomic mass is 19.1. The van der Waals surface area contributed by atoms with Crippen molar-refractivity contribution in [2.24, 2.45) is 5.41 Å². The van der Waals surface area contributed by atoms with E-state index in [1.807, 2.05) is 0 Å². The Morgan fingerprint density at radius 1 is 1.42 bits per heavy atom. The molecular weight excluding hydrogens is 245 g/mol. The first-order chi connectivity index (χ1) is 8.98. The molecule has 100 valence electrons. The Labute approximate surface area is 110 Å². The zero-order chi connectivity index (χ0) is 13.6. The van der Waals surface area contributed by atoms with Gasteiger partial charge in [0.2, 0.25) is 0 Å². The van der Waals surface area contributed by atoms with E-state index in [-0.39, 0.29) is 11.2 Å². The van der Waals surface area contributed by atoms with Crippen molar-refractivity contribution in [3.63, 3.8) is 0 Å². The van der Waals surface area contributed by atoms with Crippen molar-refractivity contribution in [3.8, 4) is 11.4 Å². The summed E-state index contributed by atoms with van der Waals surface area (Å²) in [5, 5.41) is 11.7. The molecule has 1 aliphatic carbocycles. The van der Waals surface area contributed by atoms with Gasteiger partial charge >= 0.3 is 0 Å². The van der Waals surface area contributed by atoms with Gasteiger partial charge in [-0.25, -0.2) is 9.07 Å². The number of nitrogen functional groups attached to an aromatic ring is 1. The van der Waals surface area contributed by atoms with Crippen molar-refractivity contribution in [1.29, 1.82) is 0 Å². The summed E-state index contributed by atoms with van der Waals surface area (Å²) in [5.74, 6) is 0.237. The fourth-order valence-corrected chi connectivity index (χ4v) is 2.08. The summed E-state index contributed by atoms with van der Waals surface area (Å²) >= 11 is 0. The predicted molar refractivity (Wildman–Crippen MR) is 69.7 cm³/mol. The Hall–Kier alpha value is -1.98. The molecule has 3 rings (SSSR count). The van der Waals surface area contributed by atoms with Crippen LogP contribution in [0.1, 0.15) is 25.3 Å². The smallest absolute Gasteiger partial charge is 0.182 e. The fraction of sp³-hybridized carbons (Fsp3) is 0.462. The highest BCUT2D eigenvalue weighted by molar-refractivity contribution is 5.63. The number of nitrogens with zero attached hydrogens (tertiary/aromatic N) is 4. The zero-order valence-electron chi connectivity index (χ0n) is 11.0. The topological polar surface area (TPSA) is 69.6 Å². The summed E-state index contributed by atoms with van der Waals surface area (Å²) < 4.78 is 15.5. The molecule has 0 radical (unpaired) electrons. The van der Waals surface area contributed by atoms with Crippen LogP contribution in [0.15, 0.2) is 12.1 Å². The molecule has 2 aromatic rings. The molecular formula is C13H16FN5.